The highest BCUT2D eigenvalue weighted by Crippen LogP contribution is 2.36. The topological polar surface area (TPSA) is 116 Å². The van der Waals surface area contributed by atoms with Gasteiger partial charge in [0, 0.05) is 5.56 Å². The molecule has 1 aromatic heterocycles. The van der Waals surface area contributed by atoms with E-state index >= 15 is 0 Å². The molecule has 0 amide bonds. The maximum absolute atomic E-state index is 14.2. The maximum Gasteiger partial charge on any atom is 0.338 e. The Kier molecular flexibility index (Phi) is 9.70. The minimum absolute atomic E-state index is 0.158. The Morgan fingerprint density at radius 1 is 1.00 bits per heavy atom. The van der Waals surface area contributed by atoms with Gasteiger partial charge in [-0.1, -0.05) is 72.0 Å². The number of ether oxygens (including phenoxy) is 3. The number of carboxylic acid groups (broad SMARTS) is 1. The van der Waals surface area contributed by atoms with E-state index in [0.717, 1.165) is 16.7 Å². The van der Waals surface area contributed by atoms with E-state index < -0.39 is 18.0 Å². The van der Waals surface area contributed by atoms with Gasteiger partial charge in [0.05, 0.1) is 45.6 Å². The predicted molar refractivity (Wildman–Crippen MR) is 186 cm³/mol. The van der Waals surface area contributed by atoms with Crippen LogP contribution in [-0.2, 0) is 16.1 Å². The lowest BCUT2D eigenvalue weighted by molar-refractivity contribution is -0.138. The van der Waals surface area contributed by atoms with Crippen molar-refractivity contribution in [1.82, 2.24) is 4.57 Å². The molecule has 0 aliphatic carbocycles. The van der Waals surface area contributed by atoms with Crippen molar-refractivity contribution in [2.45, 2.75) is 19.6 Å². The summed E-state index contributed by atoms with van der Waals surface area (Å²) < 4.78 is 19.7. The van der Waals surface area contributed by atoms with Crippen molar-refractivity contribution in [3.63, 3.8) is 0 Å². The number of methoxy groups -OCH3 is 1. The Hall–Kier alpha value is -5.26. The number of carbonyl (C=O) groups excluding carboxylic acids is 1. The third-order valence-corrected chi connectivity index (χ3v) is 9.23. The van der Waals surface area contributed by atoms with Crippen LogP contribution in [0.5, 0.6) is 11.5 Å². The monoisotopic (exact) mass is 724 g/mol. The van der Waals surface area contributed by atoms with E-state index in [1.165, 1.54) is 23.5 Å². The minimum atomic E-state index is -0.986. The fraction of sp³-hybridized carbons (Fsp3) is 0.135. The molecule has 1 N–H and O–H groups in total. The molecule has 6 rings (SSSR count). The van der Waals surface area contributed by atoms with Crippen molar-refractivity contribution in [2.75, 3.05) is 13.7 Å². The van der Waals surface area contributed by atoms with Gasteiger partial charge in [0.2, 0.25) is 0 Å². The van der Waals surface area contributed by atoms with Gasteiger partial charge in [-0.2, -0.15) is 0 Å². The van der Waals surface area contributed by atoms with Gasteiger partial charge in [-0.15, -0.1) is 0 Å². The fourth-order valence-electron chi connectivity index (χ4n) is 5.35. The predicted octanol–water partition coefficient (Wildman–Crippen LogP) is 5.98. The summed E-state index contributed by atoms with van der Waals surface area (Å²) in [7, 11) is 1.56. The second-order valence-electron chi connectivity index (χ2n) is 10.7. The first-order valence-corrected chi connectivity index (χ1v) is 16.6. The van der Waals surface area contributed by atoms with E-state index in [4.69, 9.17) is 24.3 Å². The average Bonchev–Trinajstić information content (AvgIpc) is 3.41. The largest absolute Gasteiger partial charge is 0.497 e. The van der Waals surface area contributed by atoms with Crippen LogP contribution in [0, 0.1) is 0 Å². The van der Waals surface area contributed by atoms with E-state index in [0.29, 0.717) is 36.6 Å². The molecular weight excluding hydrogens is 696 g/mol. The van der Waals surface area contributed by atoms with E-state index in [2.05, 4.69) is 15.9 Å². The van der Waals surface area contributed by atoms with E-state index in [1.807, 2.05) is 60.7 Å². The lowest BCUT2D eigenvalue weighted by atomic mass is 9.93. The first-order chi connectivity index (χ1) is 23.3. The highest BCUT2D eigenvalue weighted by Gasteiger charge is 2.35. The van der Waals surface area contributed by atoms with Crippen LogP contribution in [0.3, 0.4) is 0 Å². The molecule has 48 heavy (non-hydrogen) atoms. The number of aromatic carboxylic acids is 1. The molecule has 0 radical (unpaired) electrons. The van der Waals surface area contributed by atoms with Crippen molar-refractivity contribution in [1.29, 1.82) is 0 Å². The summed E-state index contributed by atoms with van der Waals surface area (Å²) in [6.07, 6.45) is 1.78. The number of hydrogen-bond acceptors (Lipinski definition) is 8. The Balaban J connectivity index is 1.42. The third-order valence-electron chi connectivity index (χ3n) is 7.63. The second kappa shape index (κ2) is 14.2. The molecule has 4 aromatic carbocycles. The quantitative estimate of drug-likeness (QED) is 0.176. The van der Waals surface area contributed by atoms with E-state index in [9.17, 15) is 14.4 Å². The lowest BCUT2D eigenvalue weighted by Crippen LogP contribution is -2.40. The van der Waals surface area contributed by atoms with Crippen molar-refractivity contribution < 1.29 is 28.9 Å². The number of nitrogens with zero attached hydrogens (tertiary/aromatic N) is 2. The van der Waals surface area contributed by atoms with Crippen LogP contribution in [0.4, 0.5) is 0 Å². The zero-order valence-electron chi connectivity index (χ0n) is 25.9. The summed E-state index contributed by atoms with van der Waals surface area (Å²) in [6, 6.07) is 27.8. The zero-order chi connectivity index (χ0) is 33.8. The van der Waals surface area contributed by atoms with Crippen LogP contribution in [-0.4, -0.2) is 35.3 Å². The minimum Gasteiger partial charge on any atom is -0.497 e. The summed E-state index contributed by atoms with van der Waals surface area (Å²) >= 11 is 4.81. The lowest BCUT2D eigenvalue weighted by Gasteiger charge is -2.26. The molecule has 0 spiro atoms. The van der Waals surface area contributed by atoms with Crippen LogP contribution in [0.1, 0.15) is 45.6 Å². The number of carboxylic acids is 1. The van der Waals surface area contributed by atoms with Crippen LogP contribution in [0.25, 0.3) is 11.8 Å². The summed E-state index contributed by atoms with van der Waals surface area (Å²) in [6.45, 7) is 2.14. The zero-order valence-corrected chi connectivity index (χ0v) is 28.3. The fourth-order valence-corrected chi connectivity index (χ4v) is 6.86. The summed E-state index contributed by atoms with van der Waals surface area (Å²) in [4.78, 5) is 44.3. The number of carbonyl (C=O) groups is 2. The number of hydrogen-bond donors (Lipinski definition) is 1. The number of halogens is 1. The number of benzene rings is 4. The molecule has 242 valence electrons. The Bertz CT molecular complexity index is 2220. The molecule has 0 bridgehead atoms. The van der Waals surface area contributed by atoms with Gasteiger partial charge in [-0.25, -0.2) is 14.6 Å². The Morgan fingerprint density at radius 3 is 2.46 bits per heavy atom. The first kappa shape index (κ1) is 32.7. The van der Waals surface area contributed by atoms with Crippen LogP contribution in [0.2, 0.25) is 0 Å². The number of aromatic nitrogens is 1. The SMILES string of the molecule is CCOC(=O)C1=C(c2ccccc2)N=c2s/c(=C/c3ccc(OCc4ccc(C(=O)O)cc4)c(Br)c3)c(=O)n2[C@H]1c1cccc(OC)c1. The van der Waals surface area contributed by atoms with Crippen molar-refractivity contribution in [2.24, 2.45) is 4.99 Å². The highest BCUT2D eigenvalue weighted by molar-refractivity contribution is 9.10. The van der Waals surface area contributed by atoms with Gasteiger partial charge in [0.1, 0.15) is 18.1 Å². The Morgan fingerprint density at radius 2 is 1.77 bits per heavy atom. The molecule has 0 saturated heterocycles. The Labute approximate surface area is 287 Å². The first-order valence-electron chi connectivity index (χ1n) is 14.9. The third kappa shape index (κ3) is 6.73. The summed E-state index contributed by atoms with van der Waals surface area (Å²) in [5.41, 5.74) is 3.57. The summed E-state index contributed by atoms with van der Waals surface area (Å²) in [5, 5.41) is 9.12. The molecule has 1 aliphatic heterocycles. The van der Waals surface area contributed by atoms with Crippen LogP contribution >= 0.6 is 27.3 Å². The average molecular weight is 726 g/mol. The molecule has 5 aromatic rings. The van der Waals surface area contributed by atoms with Crippen molar-refractivity contribution in [3.05, 3.63) is 155 Å². The summed E-state index contributed by atoms with van der Waals surface area (Å²) in [5.74, 6) is -0.374. The normalized spacial score (nSPS) is 14.2. The second-order valence-corrected chi connectivity index (χ2v) is 12.6. The molecule has 1 aliphatic rings. The number of esters is 1. The van der Waals surface area contributed by atoms with Gasteiger partial charge in [0.15, 0.2) is 4.80 Å². The van der Waals surface area contributed by atoms with Crippen molar-refractivity contribution >= 4 is 51.0 Å². The van der Waals surface area contributed by atoms with Crippen LogP contribution in [0.15, 0.2) is 117 Å². The molecule has 11 heteroatoms. The molecule has 0 unspecified atom stereocenters. The van der Waals surface area contributed by atoms with Gasteiger partial charge in [-0.05, 0) is 82.0 Å². The van der Waals surface area contributed by atoms with Gasteiger partial charge in [0.25, 0.3) is 5.56 Å². The maximum atomic E-state index is 14.2. The van der Waals surface area contributed by atoms with Gasteiger partial charge in [-0.3, -0.25) is 9.36 Å². The highest BCUT2D eigenvalue weighted by atomic mass is 79.9. The molecular formula is C37H29BrN2O7S. The van der Waals surface area contributed by atoms with Crippen LogP contribution < -0.4 is 24.4 Å². The number of rotatable bonds is 10. The van der Waals surface area contributed by atoms with E-state index in [1.54, 1.807) is 48.9 Å². The molecule has 0 fully saturated rings. The smallest absolute Gasteiger partial charge is 0.338 e. The van der Waals surface area contributed by atoms with Crippen molar-refractivity contribution in [3.8, 4) is 11.5 Å². The van der Waals surface area contributed by atoms with Gasteiger partial charge >= 0.3 is 11.9 Å². The molecule has 9 nitrogen and oxygen atoms in total. The molecule has 1 atom stereocenters. The standard InChI is InChI=1S/C37H29BrN2O7S/c1-3-46-36(44)31-32(24-8-5-4-6-9-24)39-37-40(33(31)26-10-7-11-27(20-26)45-2)34(41)30(48-37)19-23-14-17-29(28(38)18-23)47-21-22-12-15-25(16-13-22)35(42)43/h4-20,33H,3,21H2,1-2H3,(H,42,43)/b30-19+/t33-/m0/s1. The molecule has 0 saturated carbocycles. The number of thiazole rings is 1. The number of fused-ring (bicyclic) bond motifs is 1. The molecule has 2 heterocycles. The van der Waals surface area contributed by atoms with E-state index in [-0.39, 0.29) is 29.9 Å². The van der Waals surface area contributed by atoms with Gasteiger partial charge < -0.3 is 19.3 Å².